The van der Waals surface area contributed by atoms with Crippen molar-refractivity contribution in [1.82, 2.24) is 9.88 Å². The largest absolute Gasteiger partial charge is 0.347 e. The average Bonchev–Trinajstić information content (AvgIpc) is 3.13. The minimum absolute atomic E-state index is 0.901. The predicted octanol–water partition coefficient (Wildman–Crippen LogP) is 4.37. The number of para-hydroxylation sites is 1. The molecule has 0 amide bonds. The molecule has 0 aliphatic heterocycles. The van der Waals surface area contributed by atoms with Gasteiger partial charge in [-0.05, 0) is 63.2 Å². The molecule has 1 aliphatic carbocycles. The fraction of sp³-hybridized carbons (Fsp3) is 0.579. The van der Waals surface area contributed by atoms with Crippen LogP contribution < -0.4 is 5.32 Å². The summed E-state index contributed by atoms with van der Waals surface area (Å²) in [6, 6.07) is 8.95. The van der Waals surface area contributed by atoms with E-state index in [1.807, 2.05) is 7.05 Å². The molecule has 21 heavy (non-hydrogen) atoms. The third-order valence-corrected chi connectivity index (χ3v) is 4.92. The summed E-state index contributed by atoms with van der Waals surface area (Å²) in [4.78, 5) is 0. The normalized spacial score (nSPS) is 16.0. The zero-order valence-electron chi connectivity index (χ0n) is 13.3. The Morgan fingerprint density at radius 3 is 2.76 bits per heavy atom. The predicted molar refractivity (Wildman–Crippen MR) is 90.8 cm³/mol. The first-order valence-electron chi connectivity index (χ1n) is 8.60. The van der Waals surface area contributed by atoms with E-state index in [9.17, 15) is 0 Å². The molecule has 1 aliphatic rings. The molecule has 0 spiro atoms. The Bertz CT molecular complexity index is 564. The summed E-state index contributed by atoms with van der Waals surface area (Å²) >= 11 is 0. The second-order valence-corrected chi connectivity index (χ2v) is 6.53. The van der Waals surface area contributed by atoms with Crippen LogP contribution in [0.4, 0.5) is 0 Å². The van der Waals surface area contributed by atoms with Crippen molar-refractivity contribution in [2.75, 3.05) is 13.6 Å². The van der Waals surface area contributed by atoms with Gasteiger partial charge in [-0.1, -0.05) is 31.0 Å². The lowest BCUT2D eigenvalue weighted by Gasteiger charge is -2.11. The summed E-state index contributed by atoms with van der Waals surface area (Å²) in [6.45, 7) is 2.34. The third-order valence-electron chi connectivity index (χ3n) is 4.92. The van der Waals surface area contributed by atoms with E-state index in [2.05, 4.69) is 40.3 Å². The van der Waals surface area contributed by atoms with Crippen molar-refractivity contribution < 1.29 is 0 Å². The number of nitrogens with zero attached hydrogens (tertiary/aromatic N) is 1. The molecule has 1 N–H and O–H groups in total. The van der Waals surface area contributed by atoms with Crippen molar-refractivity contribution in [3.8, 4) is 0 Å². The number of benzene rings is 1. The first-order valence-corrected chi connectivity index (χ1v) is 8.60. The molecule has 1 aromatic heterocycles. The van der Waals surface area contributed by atoms with Gasteiger partial charge in [0.15, 0.2) is 0 Å². The summed E-state index contributed by atoms with van der Waals surface area (Å²) < 4.78 is 2.53. The molecule has 0 saturated heterocycles. The lowest BCUT2D eigenvalue weighted by molar-refractivity contribution is 0.465. The summed E-state index contributed by atoms with van der Waals surface area (Å²) in [5, 5.41) is 4.71. The van der Waals surface area contributed by atoms with Crippen LogP contribution in [0, 0.1) is 5.92 Å². The van der Waals surface area contributed by atoms with Gasteiger partial charge < -0.3 is 9.88 Å². The molecule has 1 heterocycles. The maximum Gasteiger partial charge on any atom is 0.0483 e. The number of aryl methyl sites for hydroxylation is 1. The highest BCUT2D eigenvalue weighted by Crippen LogP contribution is 2.29. The van der Waals surface area contributed by atoms with Crippen molar-refractivity contribution in [2.24, 2.45) is 5.92 Å². The summed E-state index contributed by atoms with van der Waals surface area (Å²) in [6.07, 6.45) is 11.9. The number of nitrogens with one attached hydrogen (secondary N) is 1. The molecule has 1 fully saturated rings. The average molecular weight is 284 g/mol. The molecule has 2 aromatic rings. The highest BCUT2D eigenvalue weighted by Gasteiger charge is 2.17. The van der Waals surface area contributed by atoms with Gasteiger partial charge in [0.2, 0.25) is 0 Å². The molecule has 3 rings (SSSR count). The number of aromatic nitrogens is 1. The lowest BCUT2D eigenvalue weighted by atomic mass is 10.1. The third kappa shape index (κ3) is 3.49. The monoisotopic (exact) mass is 284 g/mol. The van der Waals surface area contributed by atoms with Gasteiger partial charge in [-0.15, -0.1) is 0 Å². The van der Waals surface area contributed by atoms with Crippen LogP contribution in [0.2, 0.25) is 0 Å². The van der Waals surface area contributed by atoms with Crippen molar-refractivity contribution in [3.05, 3.63) is 36.0 Å². The standard InChI is InChI=1S/C19H28N2/c1-20-13-7-6-10-17-15-21(14-16-8-2-3-9-16)19-12-5-4-11-18(17)19/h4-5,11-12,15-16,20H,2-3,6-10,13-14H2,1H3. The Kier molecular flexibility index (Phi) is 4.97. The van der Waals surface area contributed by atoms with Crippen LogP contribution in [-0.2, 0) is 13.0 Å². The zero-order chi connectivity index (χ0) is 14.5. The highest BCUT2D eigenvalue weighted by atomic mass is 15.0. The molecule has 0 bridgehead atoms. The summed E-state index contributed by atoms with van der Waals surface area (Å²) in [5.74, 6) is 0.901. The van der Waals surface area contributed by atoms with E-state index < -0.39 is 0 Å². The Balaban J connectivity index is 1.76. The molecule has 2 nitrogen and oxygen atoms in total. The van der Waals surface area contributed by atoms with Crippen molar-refractivity contribution in [1.29, 1.82) is 0 Å². The summed E-state index contributed by atoms with van der Waals surface area (Å²) in [5.41, 5.74) is 2.98. The quantitative estimate of drug-likeness (QED) is 0.747. The fourth-order valence-corrected chi connectivity index (χ4v) is 3.76. The molecule has 0 atom stereocenters. The Morgan fingerprint density at radius 1 is 1.14 bits per heavy atom. The molecular formula is C19H28N2. The van der Waals surface area contributed by atoms with Crippen LogP contribution in [0.15, 0.2) is 30.5 Å². The highest BCUT2D eigenvalue weighted by molar-refractivity contribution is 5.84. The van der Waals surface area contributed by atoms with E-state index in [4.69, 9.17) is 0 Å². The van der Waals surface area contributed by atoms with E-state index in [1.165, 1.54) is 62.4 Å². The van der Waals surface area contributed by atoms with E-state index in [0.29, 0.717) is 0 Å². The molecule has 1 aromatic carbocycles. The van der Waals surface area contributed by atoms with Crippen LogP contribution in [0.5, 0.6) is 0 Å². The molecule has 0 radical (unpaired) electrons. The van der Waals surface area contributed by atoms with Crippen molar-refractivity contribution in [3.63, 3.8) is 0 Å². The maximum atomic E-state index is 3.24. The van der Waals surface area contributed by atoms with Gasteiger partial charge in [-0.3, -0.25) is 0 Å². The van der Waals surface area contributed by atoms with Crippen molar-refractivity contribution in [2.45, 2.75) is 51.5 Å². The first-order chi connectivity index (χ1) is 10.4. The van der Waals surface area contributed by atoms with Crippen molar-refractivity contribution >= 4 is 10.9 Å². The Morgan fingerprint density at radius 2 is 1.95 bits per heavy atom. The second kappa shape index (κ2) is 7.13. The minimum atomic E-state index is 0.901. The second-order valence-electron chi connectivity index (χ2n) is 6.53. The molecule has 114 valence electrons. The van der Waals surface area contributed by atoms with Crippen LogP contribution in [0.25, 0.3) is 10.9 Å². The number of unbranched alkanes of at least 4 members (excludes halogenated alkanes) is 1. The summed E-state index contributed by atoms with van der Waals surface area (Å²) in [7, 11) is 2.04. The SMILES string of the molecule is CNCCCCc1cn(CC2CCCC2)c2ccccc12. The fourth-order valence-electron chi connectivity index (χ4n) is 3.76. The molecule has 2 heteroatoms. The Labute approximate surface area is 128 Å². The smallest absolute Gasteiger partial charge is 0.0483 e. The van der Waals surface area contributed by atoms with E-state index >= 15 is 0 Å². The van der Waals surface area contributed by atoms with Gasteiger partial charge in [0, 0.05) is 23.6 Å². The topological polar surface area (TPSA) is 17.0 Å². The lowest BCUT2D eigenvalue weighted by Crippen LogP contribution is -2.07. The van der Waals surface area contributed by atoms with Crippen LogP contribution in [0.1, 0.15) is 44.1 Å². The minimum Gasteiger partial charge on any atom is -0.347 e. The van der Waals surface area contributed by atoms with E-state index in [0.717, 1.165) is 12.5 Å². The number of hydrogen-bond acceptors (Lipinski definition) is 1. The van der Waals surface area contributed by atoms with Crippen LogP contribution >= 0.6 is 0 Å². The van der Waals surface area contributed by atoms with E-state index in [-0.39, 0.29) is 0 Å². The van der Waals surface area contributed by atoms with Gasteiger partial charge in [0.25, 0.3) is 0 Å². The van der Waals surface area contributed by atoms with Gasteiger partial charge in [-0.25, -0.2) is 0 Å². The Hall–Kier alpha value is -1.28. The van der Waals surface area contributed by atoms with Gasteiger partial charge in [0.05, 0.1) is 0 Å². The molecular weight excluding hydrogens is 256 g/mol. The molecule has 1 saturated carbocycles. The van der Waals surface area contributed by atoms with Gasteiger partial charge in [-0.2, -0.15) is 0 Å². The van der Waals surface area contributed by atoms with Gasteiger partial charge >= 0.3 is 0 Å². The molecule has 0 unspecified atom stereocenters. The maximum absolute atomic E-state index is 3.24. The number of fused-ring (bicyclic) bond motifs is 1. The number of rotatable bonds is 7. The van der Waals surface area contributed by atoms with Crippen LogP contribution in [0.3, 0.4) is 0 Å². The van der Waals surface area contributed by atoms with Crippen LogP contribution in [-0.4, -0.2) is 18.2 Å². The first kappa shape index (κ1) is 14.6. The zero-order valence-corrected chi connectivity index (χ0v) is 13.3. The van der Waals surface area contributed by atoms with E-state index in [1.54, 1.807) is 5.56 Å². The van der Waals surface area contributed by atoms with Gasteiger partial charge in [0.1, 0.15) is 0 Å². The number of hydrogen-bond donors (Lipinski definition) is 1.